The number of aliphatic hydroxyl groups excluding tert-OH is 1. The third-order valence-electron chi connectivity index (χ3n) is 0.851. The van der Waals surface area contributed by atoms with Crippen LogP contribution in [0.25, 0.3) is 0 Å². The van der Waals surface area contributed by atoms with Crippen molar-refractivity contribution in [2.45, 2.75) is 19.4 Å². The van der Waals surface area contributed by atoms with E-state index in [1.807, 2.05) is 0 Å². The minimum absolute atomic E-state index is 0.890. The Morgan fingerprint density at radius 3 is 2.25 bits per heavy atom. The number of aliphatic carboxylic acids is 1. The van der Waals surface area contributed by atoms with Gasteiger partial charge in [0.2, 0.25) is 0 Å². The van der Waals surface area contributed by atoms with Crippen LogP contribution >= 0.6 is 0 Å². The van der Waals surface area contributed by atoms with Gasteiger partial charge in [0.1, 0.15) is 12.5 Å². The molecule has 6 heteroatoms. The molecule has 0 aromatic heterocycles. The Labute approximate surface area is 67.8 Å². The van der Waals surface area contributed by atoms with Crippen LogP contribution in [0.4, 0.5) is 0 Å². The van der Waals surface area contributed by atoms with Crippen molar-refractivity contribution in [2.24, 2.45) is 0 Å². The lowest BCUT2D eigenvalue weighted by Gasteiger charge is -2.01. The molecule has 0 saturated carbocycles. The number of carboxylic acids is 1. The Balaban J connectivity index is 3.85. The van der Waals surface area contributed by atoms with Gasteiger partial charge in [-0.25, -0.2) is 4.79 Å². The quantitative estimate of drug-likeness (QED) is 0.418. The lowest BCUT2D eigenvalue weighted by molar-refractivity contribution is -0.166. The average molecular weight is 176 g/mol. The molecule has 1 atom stereocenters. The maximum absolute atomic E-state index is 10.4. The van der Waals surface area contributed by atoms with Gasteiger partial charge in [0, 0.05) is 0 Å². The van der Waals surface area contributed by atoms with Crippen molar-refractivity contribution >= 4 is 17.9 Å². The maximum Gasteiger partial charge on any atom is 0.342 e. The van der Waals surface area contributed by atoms with Gasteiger partial charge >= 0.3 is 17.9 Å². The van der Waals surface area contributed by atoms with Crippen LogP contribution < -0.4 is 0 Å². The van der Waals surface area contributed by atoms with E-state index in [2.05, 4.69) is 4.74 Å². The molecule has 0 saturated heterocycles. The maximum atomic E-state index is 10.4. The molecular weight excluding hydrogens is 168 g/mol. The second kappa shape index (κ2) is 4.45. The number of hydrogen-bond acceptors (Lipinski definition) is 5. The summed E-state index contributed by atoms with van der Waals surface area (Å²) in [6.07, 6.45) is -2.32. The molecular formula is C6H8O6. The van der Waals surface area contributed by atoms with Crippen LogP contribution in [-0.4, -0.2) is 34.2 Å². The lowest BCUT2D eigenvalue weighted by Crippen LogP contribution is -2.24. The van der Waals surface area contributed by atoms with Crippen LogP contribution in [-0.2, 0) is 19.1 Å². The number of esters is 2. The Bertz CT molecular complexity index is 206. The van der Waals surface area contributed by atoms with E-state index in [1.54, 1.807) is 0 Å². The molecule has 12 heavy (non-hydrogen) atoms. The van der Waals surface area contributed by atoms with E-state index in [1.165, 1.54) is 0 Å². The minimum Gasteiger partial charge on any atom is -0.481 e. The van der Waals surface area contributed by atoms with Gasteiger partial charge in [0.25, 0.3) is 0 Å². The minimum atomic E-state index is -1.43. The molecule has 0 spiro atoms. The molecule has 0 aromatic carbocycles. The number of ether oxygens (including phenoxy) is 1. The molecule has 0 aliphatic rings. The highest BCUT2D eigenvalue weighted by Crippen LogP contribution is 1.91. The molecule has 0 heterocycles. The van der Waals surface area contributed by atoms with Crippen LogP contribution in [0.3, 0.4) is 0 Å². The molecule has 0 fully saturated rings. The van der Waals surface area contributed by atoms with Crippen molar-refractivity contribution in [3.8, 4) is 0 Å². The molecule has 68 valence electrons. The number of carbonyl (C=O) groups excluding carboxylic acids is 2. The molecule has 0 aliphatic heterocycles. The number of carboxylic acid groups (broad SMARTS) is 1. The topological polar surface area (TPSA) is 101 Å². The van der Waals surface area contributed by atoms with E-state index >= 15 is 0 Å². The van der Waals surface area contributed by atoms with Crippen LogP contribution in [0.1, 0.15) is 13.3 Å². The van der Waals surface area contributed by atoms with Gasteiger partial charge in [-0.3, -0.25) is 9.59 Å². The third-order valence-corrected chi connectivity index (χ3v) is 0.851. The molecule has 0 aromatic rings. The zero-order chi connectivity index (χ0) is 9.72. The normalized spacial score (nSPS) is 11.8. The molecule has 6 nitrogen and oxygen atoms in total. The van der Waals surface area contributed by atoms with Crippen LogP contribution in [0.5, 0.6) is 0 Å². The SMILES string of the molecule is CC(O)C(=O)OC(=O)CC(=O)O. The van der Waals surface area contributed by atoms with E-state index in [0.29, 0.717) is 0 Å². The van der Waals surface area contributed by atoms with Crippen molar-refractivity contribution in [3.05, 3.63) is 0 Å². The first-order valence-corrected chi connectivity index (χ1v) is 3.08. The summed E-state index contributed by atoms with van der Waals surface area (Å²) in [5.74, 6) is -3.73. The van der Waals surface area contributed by atoms with Gasteiger partial charge in [-0.05, 0) is 6.92 Å². The number of rotatable bonds is 3. The van der Waals surface area contributed by atoms with Crippen LogP contribution in [0.2, 0.25) is 0 Å². The summed E-state index contributed by atoms with van der Waals surface area (Å²) >= 11 is 0. The summed E-state index contributed by atoms with van der Waals surface area (Å²) in [6.45, 7) is 1.11. The van der Waals surface area contributed by atoms with Crippen molar-refractivity contribution in [3.63, 3.8) is 0 Å². The molecule has 0 radical (unpaired) electrons. The molecule has 2 N–H and O–H groups in total. The smallest absolute Gasteiger partial charge is 0.342 e. The van der Waals surface area contributed by atoms with Crippen LogP contribution in [0.15, 0.2) is 0 Å². The largest absolute Gasteiger partial charge is 0.481 e. The Kier molecular flexibility index (Phi) is 3.92. The first-order chi connectivity index (χ1) is 5.43. The highest BCUT2D eigenvalue weighted by molar-refractivity contribution is 5.96. The summed E-state index contributed by atoms with van der Waals surface area (Å²) in [7, 11) is 0. The van der Waals surface area contributed by atoms with Gasteiger partial charge in [0.15, 0.2) is 0 Å². The fourth-order valence-electron chi connectivity index (χ4n) is 0.357. The van der Waals surface area contributed by atoms with E-state index in [4.69, 9.17) is 10.2 Å². The fraction of sp³-hybridized carbons (Fsp3) is 0.500. The molecule has 1 unspecified atom stereocenters. The number of carbonyl (C=O) groups is 3. The van der Waals surface area contributed by atoms with E-state index in [0.717, 1.165) is 6.92 Å². The highest BCUT2D eigenvalue weighted by atomic mass is 16.6. The Morgan fingerprint density at radius 2 is 1.92 bits per heavy atom. The zero-order valence-corrected chi connectivity index (χ0v) is 6.31. The van der Waals surface area contributed by atoms with Crippen molar-refractivity contribution in [1.29, 1.82) is 0 Å². The van der Waals surface area contributed by atoms with Crippen molar-refractivity contribution < 1.29 is 29.3 Å². The fourth-order valence-corrected chi connectivity index (χ4v) is 0.357. The molecule has 0 rings (SSSR count). The lowest BCUT2D eigenvalue weighted by atomic mass is 10.4. The summed E-state index contributed by atoms with van der Waals surface area (Å²) in [6, 6.07) is 0. The first-order valence-electron chi connectivity index (χ1n) is 3.08. The predicted octanol–water partition coefficient (Wildman–Crippen LogP) is -1.09. The monoisotopic (exact) mass is 176 g/mol. The molecule has 0 aliphatic carbocycles. The summed E-state index contributed by atoms with van der Waals surface area (Å²) in [5, 5.41) is 16.6. The second-order valence-corrected chi connectivity index (χ2v) is 2.04. The first kappa shape index (κ1) is 10.6. The van der Waals surface area contributed by atoms with E-state index in [-0.39, 0.29) is 0 Å². The standard InChI is InChI=1S/C6H8O6/c1-3(7)6(11)12-5(10)2-4(8)9/h3,7H,2H2,1H3,(H,8,9). The zero-order valence-electron chi connectivity index (χ0n) is 6.31. The molecule has 0 bridgehead atoms. The number of aliphatic hydroxyl groups is 1. The molecule has 0 amide bonds. The Hall–Kier alpha value is -1.43. The van der Waals surface area contributed by atoms with Gasteiger partial charge in [-0.1, -0.05) is 0 Å². The van der Waals surface area contributed by atoms with Crippen LogP contribution in [0, 0.1) is 0 Å². The van der Waals surface area contributed by atoms with Crippen molar-refractivity contribution in [1.82, 2.24) is 0 Å². The Morgan fingerprint density at radius 1 is 1.42 bits per heavy atom. The van der Waals surface area contributed by atoms with Gasteiger partial charge < -0.3 is 14.9 Å². The average Bonchev–Trinajstić information content (AvgIpc) is 1.84. The summed E-state index contributed by atoms with van der Waals surface area (Å²) in [4.78, 5) is 30.8. The van der Waals surface area contributed by atoms with E-state index < -0.39 is 30.4 Å². The van der Waals surface area contributed by atoms with E-state index in [9.17, 15) is 14.4 Å². The predicted molar refractivity (Wildman–Crippen MR) is 35.0 cm³/mol. The van der Waals surface area contributed by atoms with Gasteiger partial charge in [0.05, 0.1) is 0 Å². The van der Waals surface area contributed by atoms with Crippen molar-refractivity contribution in [2.75, 3.05) is 0 Å². The second-order valence-electron chi connectivity index (χ2n) is 2.04. The summed E-state index contributed by atoms with van der Waals surface area (Å²) < 4.78 is 3.91. The number of hydrogen-bond donors (Lipinski definition) is 2. The summed E-state index contributed by atoms with van der Waals surface area (Å²) in [5.41, 5.74) is 0. The highest BCUT2D eigenvalue weighted by Gasteiger charge is 2.17. The van der Waals surface area contributed by atoms with Gasteiger partial charge in [-0.2, -0.15) is 0 Å². The van der Waals surface area contributed by atoms with Gasteiger partial charge in [-0.15, -0.1) is 0 Å². The third kappa shape index (κ3) is 4.40.